The predicted molar refractivity (Wildman–Crippen MR) is 122 cm³/mol. The van der Waals surface area contributed by atoms with Crippen LogP contribution < -0.4 is 10.1 Å². The number of rotatable bonds is 8. The lowest BCUT2D eigenvalue weighted by molar-refractivity contribution is 0.150. The minimum atomic E-state index is 0.747. The van der Waals surface area contributed by atoms with Crippen LogP contribution in [0.1, 0.15) is 11.3 Å². The van der Waals surface area contributed by atoms with Crippen LogP contribution in [0.2, 0.25) is 0 Å². The number of nitrogens with one attached hydrogen (secondary N) is 1. The molecule has 1 aromatic heterocycles. The Morgan fingerprint density at radius 2 is 1.96 bits per heavy atom. The fraction of sp³-hybridized carbons (Fsp3) is 0.476. The van der Waals surface area contributed by atoms with Gasteiger partial charge in [0.15, 0.2) is 5.11 Å². The van der Waals surface area contributed by atoms with Crippen LogP contribution in [0.25, 0.3) is 0 Å². The molecule has 1 saturated heterocycles. The van der Waals surface area contributed by atoms with Gasteiger partial charge < -0.3 is 24.8 Å². The average molecular weight is 419 g/mol. The van der Waals surface area contributed by atoms with Crippen molar-refractivity contribution in [3.8, 4) is 5.75 Å². The first kappa shape index (κ1) is 21.0. The van der Waals surface area contributed by atoms with Crippen LogP contribution in [-0.2, 0) is 6.54 Å². The van der Waals surface area contributed by atoms with Crippen molar-refractivity contribution in [1.29, 1.82) is 0 Å². The van der Waals surface area contributed by atoms with E-state index in [1.54, 1.807) is 18.4 Å². The van der Waals surface area contributed by atoms with Crippen LogP contribution >= 0.6 is 23.6 Å². The van der Waals surface area contributed by atoms with Crippen LogP contribution in [-0.4, -0.2) is 73.2 Å². The molecule has 1 fully saturated rings. The molecule has 0 radical (unpaired) electrons. The Hall–Kier alpha value is -1.67. The maximum absolute atomic E-state index is 5.77. The number of likely N-dealkylation sites (N-methyl/N-ethyl adjacent to an activating group) is 1. The van der Waals surface area contributed by atoms with Crippen molar-refractivity contribution in [1.82, 2.24) is 14.7 Å². The van der Waals surface area contributed by atoms with Gasteiger partial charge in [0.05, 0.1) is 19.3 Å². The van der Waals surface area contributed by atoms with E-state index in [9.17, 15) is 0 Å². The molecular weight excluding hydrogens is 388 g/mol. The van der Waals surface area contributed by atoms with Gasteiger partial charge in [0.2, 0.25) is 0 Å². The first-order chi connectivity index (χ1) is 13.7. The van der Waals surface area contributed by atoms with Crippen molar-refractivity contribution in [2.75, 3.05) is 58.7 Å². The number of benzene rings is 1. The smallest absolute Gasteiger partial charge is 0.173 e. The second kappa shape index (κ2) is 10.8. The summed E-state index contributed by atoms with van der Waals surface area (Å²) in [5.41, 5.74) is 0.908. The number of piperazine rings is 1. The Kier molecular flexibility index (Phi) is 8.09. The number of thiophene rings is 1. The third kappa shape index (κ3) is 6.17. The summed E-state index contributed by atoms with van der Waals surface area (Å²) in [4.78, 5) is 8.54. The van der Waals surface area contributed by atoms with Crippen LogP contribution in [0.15, 0.2) is 41.8 Å². The molecule has 0 aliphatic carbocycles. The van der Waals surface area contributed by atoms with Gasteiger partial charge in [-0.05, 0) is 55.8 Å². The molecule has 0 atom stereocenters. The molecule has 5 nitrogen and oxygen atoms in total. The number of methoxy groups -OCH3 is 1. The van der Waals surface area contributed by atoms with Crippen molar-refractivity contribution in [2.45, 2.75) is 13.0 Å². The SMILES string of the molecule is COc1ccccc1NC(=S)N(CCCN1CCN(C)CC1)Cc1cccs1. The molecule has 0 bridgehead atoms. The van der Waals surface area contributed by atoms with E-state index >= 15 is 0 Å². The number of hydrogen-bond acceptors (Lipinski definition) is 5. The molecular formula is C21H30N4OS2. The summed E-state index contributed by atoms with van der Waals surface area (Å²) in [7, 11) is 3.88. The molecule has 1 N–H and O–H groups in total. The third-order valence-electron chi connectivity index (χ3n) is 5.06. The summed E-state index contributed by atoms with van der Waals surface area (Å²) in [5.74, 6) is 0.804. The average Bonchev–Trinajstić information content (AvgIpc) is 3.22. The normalized spacial score (nSPS) is 15.4. The van der Waals surface area contributed by atoms with E-state index in [0.717, 1.165) is 68.8 Å². The van der Waals surface area contributed by atoms with Crippen molar-refractivity contribution in [3.63, 3.8) is 0 Å². The molecule has 0 saturated carbocycles. The molecule has 0 unspecified atom stereocenters. The Labute approximate surface area is 177 Å². The van der Waals surface area contributed by atoms with E-state index < -0.39 is 0 Å². The van der Waals surface area contributed by atoms with E-state index in [-0.39, 0.29) is 0 Å². The van der Waals surface area contributed by atoms with Gasteiger partial charge in [0, 0.05) is 37.6 Å². The Morgan fingerprint density at radius 1 is 1.18 bits per heavy atom. The predicted octanol–water partition coefficient (Wildman–Crippen LogP) is 3.59. The van der Waals surface area contributed by atoms with Gasteiger partial charge in [-0.15, -0.1) is 11.3 Å². The van der Waals surface area contributed by atoms with E-state index in [2.05, 4.69) is 44.6 Å². The highest BCUT2D eigenvalue weighted by atomic mass is 32.1. The molecule has 2 heterocycles. The molecule has 152 valence electrons. The van der Waals surface area contributed by atoms with Gasteiger partial charge in [-0.1, -0.05) is 18.2 Å². The van der Waals surface area contributed by atoms with Crippen molar-refractivity contribution in [3.05, 3.63) is 46.7 Å². The first-order valence-corrected chi connectivity index (χ1v) is 11.1. The zero-order valence-corrected chi connectivity index (χ0v) is 18.4. The highest BCUT2D eigenvalue weighted by Crippen LogP contribution is 2.24. The van der Waals surface area contributed by atoms with Crippen LogP contribution in [0.3, 0.4) is 0 Å². The number of hydrogen-bond donors (Lipinski definition) is 1. The van der Waals surface area contributed by atoms with Gasteiger partial charge in [-0.3, -0.25) is 0 Å². The van der Waals surface area contributed by atoms with Crippen molar-refractivity contribution < 1.29 is 4.74 Å². The number of thiocarbonyl (C=S) groups is 1. The van der Waals surface area contributed by atoms with E-state index in [0.29, 0.717) is 0 Å². The van der Waals surface area contributed by atoms with Gasteiger partial charge in [-0.25, -0.2) is 0 Å². The standard InChI is InChI=1S/C21H30N4OS2/c1-23-12-14-24(15-13-23)10-6-11-25(17-18-7-5-16-28-18)21(27)22-19-8-3-4-9-20(19)26-2/h3-5,7-9,16H,6,10-15,17H2,1-2H3,(H,22,27). The summed E-state index contributed by atoms with van der Waals surface area (Å²) in [6, 6.07) is 12.2. The van der Waals surface area contributed by atoms with Crippen LogP contribution in [0, 0.1) is 0 Å². The lowest BCUT2D eigenvalue weighted by atomic mass is 10.2. The summed E-state index contributed by atoms with van der Waals surface area (Å²) in [6.45, 7) is 7.52. The first-order valence-electron chi connectivity index (χ1n) is 9.78. The molecule has 28 heavy (non-hydrogen) atoms. The topological polar surface area (TPSA) is 31.0 Å². The van der Waals surface area contributed by atoms with Crippen molar-refractivity contribution in [2.24, 2.45) is 0 Å². The minimum absolute atomic E-state index is 0.747. The number of anilines is 1. The van der Waals surface area contributed by atoms with Crippen molar-refractivity contribution >= 4 is 34.4 Å². The fourth-order valence-corrected chi connectivity index (χ4v) is 4.33. The molecule has 2 aromatic rings. The maximum atomic E-state index is 5.77. The summed E-state index contributed by atoms with van der Waals surface area (Å²) >= 11 is 7.54. The van der Waals surface area contributed by atoms with E-state index in [4.69, 9.17) is 17.0 Å². The summed E-state index contributed by atoms with van der Waals surface area (Å²) in [5, 5.41) is 6.25. The summed E-state index contributed by atoms with van der Waals surface area (Å²) in [6.07, 6.45) is 1.10. The molecule has 0 amide bonds. The summed E-state index contributed by atoms with van der Waals surface area (Å²) < 4.78 is 5.45. The lowest BCUT2D eigenvalue weighted by Gasteiger charge is -2.33. The molecule has 0 spiro atoms. The molecule has 1 aromatic carbocycles. The Bertz CT molecular complexity index is 730. The fourth-order valence-electron chi connectivity index (χ4n) is 3.34. The van der Waals surface area contributed by atoms with Gasteiger partial charge in [0.1, 0.15) is 5.75 Å². The quantitative estimate of drug-likeness (QED) is 0.660. The highest BCUT2D eigenvalue weighted by Gasteiger charge is 2.16. The highest BCUT2D eigenvalue weighted by molar-refractivity contribution is 7.80. The molecule has 1 aliphatic rings. The maximum Gasteiger partial charge on any atom is 0.173 e. The molecule has 3 rings (SSSR count). The van der Waals surface area contributed by atoms with Gasteiger partial charge >= 0.3 is 0 Å². The van der Waals surface area contributed by atoms with Gasteiger partial charge in [-0.2, -0.15) is 0 Å². The van der Waals surface area contributed by atoms with Gasteiger partial charge in [0.25, 0.3) is 0 Å². The number of para-hydroxylation sites is 2. The zero-order chi connectivity index (χ0) is 19.8. The Morgan fingerprint density at radius 3 is 2.68 bits per heavy atom. The van der Waals surface area contributed by atoms with E-state index in [1.807, 2.05) is 24.3 Å². The minimum Gasteiger partial charge on any atom is -0.495 e. The monoisotopic (exact) mass is 418 g/mol. The lowest BCUT2D eigenvalue weighted by Crippen LogP contribution is -2.45. The Balaban J connectivity index is 1.58. The molecule has 1 aliphatic heterocycles. The van der Waals surface area contributed by atoms with E-state index in [1.165, 1.54) is 4.88 Å². The van der Waals surface area contributed by atoms with Crippen LogP contribution in [0.5, 0.6) is 5.75 Å². The number of ether oxygens (including phenoxy) is 1. The largest absolute Gasteiger partial charge is 0.495 e. The van der Waals surface area contributed by atoms with Crippen LogP contribution in [0.4, 0.5) is 5.69 Å². The third-order valence-corrected chi connectivity index (χ3v) is 6.28. The number of nitrogens with zero attached hydrogens (tertiary/aromatic N) is 3. The zero-order valence-electron chi connectivity index (χ0n) is 16.8. The second-order valence-electron chi connectivity index (χ2n) is 7.13. The second-order valence-corrected chi connectivity index (χ2v) is 8.55. The molecule has 7 heteroatoms.